The number of anilines is 1. The zero-order chi connectivity index (χ0) is 15.8. The first-order valence-corrected chi connectivity index (χ1v) is 8.68. The molecule has 2 aromatic rings. The predicted octanol–water partition coefficient (Wildman–Crippen LogP) is 3.34. The van der Waals surface area contributed by atoms with Crippen LogP contribution in [0.3, 0.4) is 0 Å². The number of aromatic nitrogens is 1. The molecule has 0 radical (unpaired) electrons. The Balaban J connectivity index is 1.57. The van der Waals surface area contributed by atoms with Crippen molar-refractivity contribution in [1.29, 1.82) is 0 Å². The number of carbonyl (C=O) groups excluding carboxylic acids is 1. The highest BCUT2D eigenvalue weighted by Gasteiger charge is 2.34. The van der Waals surface area contributed by atoms with Crippen LogP contribution in [0.15, 0.2) is 30.5 Å². The van der Waals surface area contributed by atoms with Gasteiger partial charge in [0.05, 0.1) is 5.52 Å². The number of fused-ring (bicyclic) bond motifs is 1. The van der Waals surface area contributed by atoms with Crippen LogP contribution in [0.4, 0.5) is 5.69 Å². The van der Waals surface area contributed by atoms with Gasteiger partial charge in [-0.1, -0.05) is 11.6 Å². The van der Waals surface area contributed by atoms with Crippen LogP contribution in [-0.2, 0) is 4.79 Å². The molecule has 0 N–H and O–H groups in total. The van der Waals surface area contributed by atoms with Crippen LogP contribution in [-0.4, -0.2) is 42.0 Å². The molecule has 1 saturated heterocycles. The SMILES string of the molecule is O=C(C1CC1)N1CCCN(c2ccnc3cc(Cl)ccc23)CC1. The topological polar surface area (TPSA) is 36.4 Å². The lowest BCUT2D eigenvalue weighted by molar-refractivity contribution is -0.132. The Morgan fingerprint density at radius 2 is 2.00 bits per heavy atom. The van der Waals surface area contributed by atoms with Crippen LogP contribution in [0.5, 0.6) is 0 Å². The Morgan fingerprint density at radius 1 is 1.13 bits per heavy atom. The van der Waals surface area contributed by atoms with Crippen molar-refractivity contribution in [3.8, 4) is 0 Å². The van der Waals surface area contributed by atoms with Crippen LogP contribution in [0.25, 0.3) is 10.9 Å². The monoisotopic (exact) mass is 329 g/mol. The first-order chi connectivity index (χ1) is 11.2. The smallest absolute Gasteiger partial charge is 0.225 e. The summed E-state index contributed by atoms with van der Waals surface area (Å²) in [4.78, 5) is 21.1. The lowest BCUT2D eigenvalue weighted by atomic mass is 10.1. The Morgan fingerprint density at radius 3 is 2.83 bits per heavy atom. The van der Waals surface area contributed by atoms with Gasteiger partial charge >= 0.3 is 0 Å². The number of carbonyl (C=O) groups is 1. The van der Waals surface area contributed by atoms with Crippen LogP contribution in [0, 0.1) is 5.92 Å². The molecular weight excluding hydrogens is 310 g/mol. The highest BCUT2D eigenvalue weighted by atomic mass is 35.5. The molecule has 0 bridgehead atoms. The second-order valence-corrected chi connectivity index (χ2v) is 6.87. The molecule has 4 rings (SSSR count). The minimum Gasteiger partial charge on any atom is -0.369 e. The number of benzene rings is 1. The molecule has 0 unspecified atom stereocenters. The number of amides is 1. The van der Waals surface area contributed by atoms with Crippen molar-refractivity contribution in [2.75, 3.05) is 31.1 Å². The maximum atomic E-state index is 12.3. The normalized spacial score (nSPS) is 19.0. The van der Waals surface area contributed by atoms with Gasteiger partial charge in [-0.3, -0.25) is 9.78 Å². The van der Waals surface area contributed by atoms with Gasteiger partial charge in [0.25, 0.3) is 0 Å². The summed E-state index contributed by atoms with van der Waals surface area (Å²) in [6.45, 7) is 3.53. The van der Waals surface area contributed by atoms with Crippen molar-refractivity contribution in [1.82, 2.24) is 9.88 Å². The molecule has 2 heterocycles. The third-order valence-electron chi connectivity index (χ3n) is 4.76. The van der Waals surface area contributed by atoms with E-state index in [1.54, 1.807) is 0 Å². The van der Waals surface area contributed by atoms with Gasteiger partial charge in [-0.05, 0) is 43.5 Å². The van der Waals surface area contributed by atoms with E-state index >= 15 is 0 Å². The molecule has 2 fully saturated rings. The standard InChI is InChI=1S/C18H20ClN3O/c19-14-4-5-15-16(12-14)20-7-6-17(15)21-8-1-9-22(11-10-21)18(23)13-2-3-13/h4-7,12-13H,1-3,8-11H2. The summed E-state index contributed by atoms with van der Waals surface area (Å²) in [5.41, 5.74) is 2.11. The molecule has 4 nitrogen and oxygen atoms in total. The molecule has 1 aromatic carbocycles. The fraction of sp³-hybridized carbons (Fsp3) is 0.444. The molecule has 1 aromatic heterocycles. The minimum absolute atomic E-state index is 0.311. The van der Waals surface area contributed by atoms with Crippen LogP contribution in [0.2, 0.25) is 5.02 Å². The molecule has 23 heavy (non-hydrogen) atoms. The average Bonchev–Trinajstić information content (AvgIpc) is 3.40. The van der Waals surface area contributed by atoms with Gasteiger partial charge < -0.3 is 9.80 Å². The molecule has 2 aliphatic rings. The van der Waals surface area contributed by atoms with Gasteiger partial charge in [0.2, 0.25) is 5.91 Å². The maximum absolute atomic E-state index is 12.3. The van der Waals surface area contributed by atoms with Crippen molar-refractivity contribution < 1.29 is 4.79 Å². The summed E-state index contributed by atoms with van der Waals surface area (Å²) in [5, 5.41) is 1.83. The molecule has 1 aliphatic carbocycles. The summed E-state index contributed by atoms with van der Waals surface area (Å²) < 4.78 is 0. The number of hydrogen-bond acceptors (Lipinski definition) is 3. The summed E-state index contributed by atoms with van der Waals surface area (Å²) in [5.74, 6) is 0.670. The van der Waals surface area contributed by atoms with Gasteiger partial charge in [-0.2, -0.15) is 0 Å². The third-order valence-corrected chi connectivity index (χ3v) is 4.99. The maximum Gasteiger partial charge on any atom is 0.225 e. The quantitative estimate of drug-likeness (QED) is 0.848. The van der Waals surface area contributed by atoms with Gasteiger partial charge in [0.1, 0.15) is 0 Å². The first kappa shape index (κ1) is 14.8. The molecule has 1 saturated carbocycles. The van der Waals surface area contributed by atoms with Gasteiger partial charge in [-0.25, -0.2) is 0 Å². The molecule has 0 spiro atoms. The van der Waals surface area contributed by atoms with E-state index < -0.39 is 0 Å². The van der Waals surface area contributed by atoms with Gasteiger partial charge in [0.15, 0.2) is 0 Å². The highest BCUT2D eigenvalue weighted by molar-refractivity contribution is 6.31. The zero-order valence-corrected chi connectivity index (χ0v) is 13.8. The van der Waals surface area contributed by atoms with Crippen molar-refractivity contribution in [3.05, 3.63) is 35.5 Å². The zero-order valence-electron chi connectivity index (χ0n) is 13.0. The Kier molecular flexibility index (Phi) is 3.85. The van der Waals surface area contributed by atoms with E-state index in [-0.39, 0.29) is 0 Å². The fourth-order valence-electron chi connectivity index (χ4n) is 3.35. The summed E-state index contributed by atoms with van der Waals surface area (Å²) in [6, 6.07) is 7.92. The molecule has 5 heteroatoms. The molecule has 120 valence electrons. The van der Waals surface area contributed by atoms with Crippen LogP contribution >= 0.6 is 11.6 Å². The summed E-state index contributed by atoms with van der Waals surface area (Å²) in [7, 11) is 0. The van der Waals surface area contributed by atoms with E-state index in [2.05, 4.69) is 20.9 Å². The lowest BCUT2D eigenvalue weighted by Gasteiger charge is -2.25. The minimum atomic E-state index is 0.311. The number of hydrogen-bond donors (Lipinski definition) is 0. The summed E-state index contributed by atoms with van der Waals surface area (Å²) >= 11 is 6.07. The van der Waals surface area contributed by atoms with Crippen LogP contribution < -0.4 is 4.90 Å². The molecular formula is C18H20ClN3O. The van der Waals surface area contributed by atoms with E-state index in [1.165, 1.54) is 5.69 Å². The number of halogens is 1. The van der Waals surface area contributed by atoms with Crippen LogP contribution in [0.1, 0.15) is 19.3 Å². The second kappa shape index (κ2) is 6.00. The summed E-state index contributed by atoms with van der Waals surface area (Å²) in [6.07, 6.45) is 5.01. The Hall–Kier alpha value is -1.81. The number of rotatable bonds is 2. The Bertz CT molecular complexity index is 744. The average molecular weight is 330 g/mol. The number of pyridine rings is 1. The van der Waals surface area contributed by atoms with E-state index in [1.807, 2.05) is 24.4 Å². The lowest BCUT2D eigenvalue weighted by Crippen LogP contribution is -2.36. The fourth-order valence-corrected chi connectivity index (χ4v) is 3.52. The molecule has 1 amide bonds. The molecule has 1 aliphatic heterocycles. The van der Waals surface area contributed by atoms with E-state index in [0.29, 0.717) is 16.8 Å². The van der Waals surface area contributed by atoms with Gasteiger partial charge in [-0.15, -0.1) is 0 Å². The molecule has 0 atom stereocenters. The Labute approximate surface area is 141 Å². The predicted molar refractivity (Wildman–Crippen MR) is 92.9 cm³/mol. The van der Waals surface area contributed by atoms with E-state index in [4.69, 9.17) is 11.6 Å². The van der Waals surface area contributed by atoms with Crippen molar-refractivity contribution in [2.24, 2.45) is 5.92 Å². The van der Waals surface area contributed by atoms with E-state index in [0.717, 1.165) is 56.3 Å². The van der Waals surface area contributed by atoms with Crippen molar-refractivity contribution in [2.45, 2.75) is 19.3 Å². The largest absolute Gasteiger partial charge is 0.369 e. The van der Waals surface area contributed by atoms with Crippen molar-refractivity contribution >= 4 is 34.1 Å². The first-order valence-electron chi connectivity index (χ1n) is 8.30. The number of nitrogens with zero attached hydrogens (tertiary/aromatic N) is 3. The third kappa shape index (κ3) is 3.00. The van der Waals surface area contributed by atoms with Gasteiger partial charge in [0, 0.05) is 54.4 Å². The van der Waals surface area contributed by atoms with Crippen molar-refractivity contribution in [3.63, 3.8) is 0 Å². The van der Waals surface area contributed by atoms with E-state index in [9.17, 15) is 4.79 Å². The highest BCUT2D eigenvalue weighted by Crippen LogP contribution is 2.32. The second-order valence-electron chi connectivity index (χ2n) is 6.43.